The molecule has 0 atom stereocenters. The number of pyridine rings is 1. The number of aryl methyl sites for hydroxylation is 3. The molecule has 3 heterocycles. The Labute approximate surface area is 291 Å². The van der Waals surface area contributed by atoms with Gasteiger partial charge in [-0.25, -0.2) is 4.98 Å². The van der Waals surface area contributed by atoms with Gasteiger partial charge in [0, 0.05) is 35.0 Å². The first-order chi connectivity index (χ1) is 22.4. The van der Waals surface area contributed by atoms with Crippen LogP contribution in [0.3, 0.4) is 0 Å². The van der Waals surface area contributed by atoms with Crippen molar-refractivity contribution in [1.82, 2.24) is 19.3 Å². The maximum atomic E-state index is 6.47. The van der Waals surface area contributed by atoms with Crippen LogP contribution in [0.1, 0.15) is 49.9 Å². The van der Waals surface area contributed by atoms with Crippen molar-refractivity contribution in [3.63, 3.8) is 0 Å². The topological polar surface area (TPSA) is 44.9 Å². The van der Waals surface area contributed by atoms with Gasteiger partial charge in [0.05, 0.1) is 6.20 Å². The predicted octanol–water partition coefficient (Wildman–Crippen LogP) is 10.1. The second kappa shape index (κ2) is 13.7. The summed E-state index contributed by atoms with van der Waals surface area (Å²) < 4.78 is 10.6. The zero-order chi connectivity index (χ0) is 31.8. The van der Waals surface area contributed by atoms with E-state index in [2.05, 4.69) is 124 Å². The fourth-order valence-electron chi connectivity index (χ4n) is 6.51. The van der Waals surface area contributed by atoms with E-state index in [4.69, 9.17) is 14.8 Å². The van der Waals surface area contributed by atoms with E-state index < -0.39 is 0 Å². The van der Waals surface area contributed by atoms with Gasteiger partial charge < -0.3 is 9.30 Å². The number of nitrogens with zero attached hydrogens (tertiary/aromatic N) is 4. The Bertz CT molecular complexity index is 2170. The molecule has 0 saturated carbocycles. The Morgan fingerprint density at radius 2 is 1.62 bits per heavy atom. The monoisotopic (exact) mass is 797 g/mol. The summed E-state index contributed by atoms with van der Waals surface area (Å²) in [6.45, 7) is 11.0. The van der Waals surface area contributed by atoms with E-state index in [0.717, 1.165) is 63.7 Å². The number of para-hydroxylation sites is 1. The summed E-state index contributed by atoms with van der Waals surface area (Å²) in [4.78, 5) is 4.79. The number of rotatable bonds is 9. The number of ether oxygens (including phenoxy) is 1. The van der Waals surface area contributed by atoms with Gasteiger partial charge in [-0.1, -0.05) is 76.5 Å². The molecular weight excluding hydrogens is 760 g/mol. The van der Waals surface area contributed by atoms with Crippen molar-refractivity contribution in [2.75, 3.05) is 0 Å². The fraction of sp³-hybridized carbons (Fsp3) is 0.220. The Morgan fingerprint density at radius 1 is 0.830 bits per heavy atom. The van der Waals surface area contributed by atoms with Gasteiger partial charge in [-0.05, 0) is 76.7 Å². The van der Waals surface area contributed by atoms with Crippen LogP contribution in [0.25, 0.3) is 44.4 Å². The molecule has 7 rings (SSSR count). The molecule has 0 amide bonds. The molecule has 238 valence electrons. The first-order valence-corrected chi connectivity index (χ1v) is 16.2. The van der Waals surface area contributed by atoms with Crippen LogP contribution < -0.4 is 4.74 Å². The number of hydrogen-bond acceptors (Lipinski definition) is 3. The molecule has 4 aromatic carbocycles. The quantitative estimate of drug-likeness (QED) is 0.137. The normalized spacial score (nSPS) is 11.4. The van der Waals surface area contributed by atoms with Crippen molar-refractivity contribution in [2.45, 2.75) is 53.9 Å². The van der Waals surface area contributed by atoms with Crippen molar-refractivity contribution in [3.8, 4) is 34.1 Å². The van der Waals surface area contributed by atoms with Crippen LogP contribution in [0.5, 0.6) is 11.5 Å². The minimum Gasteiger partial charge on any atom is -0.509 e. The number of benzene rings is 4. The average molecular weight is 798 g/mol. The Balaban J connectivity index is 0.00000386. The van der Waals surface area contributed by atoms with E-state index in [1.54, 1.807) is 0 Å². The summed E-state index contributed by atoms with van der Waals surface area (Å²) in [7, 11) is 0. The van der Waals surface area contributed by atoms with Gasteiger partial charge in [-0.2, -0.15) is 16.7 Å². The van der Waals surface area contributed by atoms with Gasteiger partial charge >= 0.3 is 21.1 Å². The molecule has 0 fully saturated rings. The van der Waals surface area contributed by atoms with Crippen molar-refractivity contribution < 1.29 is 25.8 Å². The molecule has 0 aliphatic heterocycles. The van der Waals surface area contributed by atoms with Gasteiger partial charge in [0.1, 0.15) is 5.82 Å². The van der Waals surface area contributed by atoms with Crippen molar-refractivity contribution >= 4 is 21.8 Å². The van der Waals surface area contributed by atoms with Crippen LogP contribution in [0, 0.1) is 25.0 Å². The van der Waals surface area contributed by atoms with E-state index in [1.807, 2.05) is 29.2 Å². The summed E-state index contributed by atoms with van der Waals surface area (Å²) >= 11 is 0. The molecule has 0 aliphatic carbocycles. The van der Waals surface area contributed by atoms with Crippen LogP contribution >= 0.6 is 0 Å². The predicted molar refractivity (Wildman–Crippen MR) is 187 cm³/mol. The first-order valence-electron chi connectivity index (χ1n) is 16.2. The van der Waals surface area contributed by atoms with Gasteiger partial charge in [-0.3, -0.25) is 4.68 Å². The second-order valence-electron chi connectivity index (χ2n) is 12.4. The second-order valence-corrected chi connectivity index (χ2v) is 12.4. The molecule has 0 saturated heterocycles. The van der Waals surface area contributed by atoms with E-state index in [0.29, 0.717) is 17.4 Å². The molecule has 6 heteroatoms. The summed E-state index contributed by atoms with van der Waals surface area (Å²) in [6, 6.07) is 34.5. The standard InChI is InChI=1S/C41H38N4O.Pt/c1-6-30-11-10-12-31(7-2)41(30)32-25-43-44(26-32)33-20-28(5)21-35(23-33)46-34-15-16-37-36-13-8-9-14-38(36)45(39(37)24-34)40-22-29(17-18-42-40)19-27(3)4;/h8-18,20-22,25-27H,6-7,19H2,1-5H3;/q-2;+2. The smallest absolute Gasteiger partial charge is 0.509 e. The minimum absolute atomic E-state index is 0. The first kappa shape index (κ1) is 32.5. The summed E-state index contributed by atoms with van der Waals surface area (Å²) in [5, 5.41) is 7.02. The van der Waals surface area contributed by atoms with Crippen LogP contribution in [0.2, 0.25) is 0 Å². The Morgan fingerprint density at radius 3 is 2.38 bits per heavy atom. The van der Waals surface area contributed by atoms with Crippen molar-refractivity contribution in [2.24, 2.45) is 5.92 Å². The van der Waals surface area contributed by atoms with Crippen LogP contribution in [-0.4, -0.2) is 19.3 Å². The largest absolute Gasteiger partial charge is 2.00 e. The number of aromatic nitrogens is 4. The van der Waals surface area contributed by atoms with Gasteiger partial charge in [0.2, 0.25) is 0 Å². The maximum absolute atomic E-state index is 6.47. The third-order valence-corrected chi connectivity index (χ3v) is 8.55. The van der Waals surface area contributed by atoms with E-state index in [-0.39, 0.29) is 21.1 Å². The Kier molecular flexibility index (Phi) is 9.47. The van der Waals surface area contributed by atoms with Crippen LogP contribution in [0.15, 0.2) is 97.5 Å². The van der Waals surface area contributed by atoms with E-state index in [9.17, 15) is 0 Å². The molecule has 0 unspecified atom stereocenters. The minimum atomic E-state index is 0. The number of fused-ring (bicyclic) bond motifs is 3. The zero-order valence-electron chi connectivity index (χ0n) is 27.4. The van der Waals surface area contributed by atoms with E-state index >= 15 is 0 Å². The van der Waals surface area contributed by atoms with E-state index in [1.165, 1.54) is 22.3 Å². The molecule has 47 heavy (non-hydrogen) atoms. The third-order valence-electron chi connectivity index (χ3n) is 8.55. The summed E-state index contributed by atoms with van der Waals surface area (Å²) in [6.07, 6.45) is 8.90. The molecular formula is C41H38N4OPt. The molecule has 0 aliphatic rings. The molecule has 0 N–H and O–H groups in total. The zero-order valence-corrected chi connectivity index (χ0v) is 29.7. The third kappa shape index (κ3) is 6.42. The van der Waals surface area contributed by atoms with Gasteiger partial charge in [0.15, 0.2) is 0 Å². The van der Waals surface area contributed by atoms with Gasteiger partial charge in [0.25, 0.3) is 0 Å². The van der Waals surface area contributed by atoms with Crippen molar-refractivity contribution in [3.05, 3.63) is 132 Å². The molecule has 7 aromatic rings. The Hall–Kier alpha value is -4.47. The summed E-state index contributed by atoms with van der Waals surface area (Å²) in [5.74, 6) is 2.68. The van der Waals surface area contributed by atoms with Crippen LogP contribution in [0.4, 0.5) is 0 Å². The van der Waals surface area contributed by atoms with Crippen LogP contribution in [-0.2, 0) is 40.3 Å². The molecule has 0 bridgehead atoms. The molecule has 0 spiro atoms. The summed E-state index contributed by atoms with van der Waals surface area (Å²) in [5.41, 5.74) is 10.2. The molecule has 0 radical (unpaired) electrons. The van der Waals surface area contributed by atoms with Gasteiger partial charge in [-0.15, -0.1) is 35.7 Å². The number of hydrogen-bond donors (Lipinski definition) is 0. The average Bonchev–Trinajstić information content (AvgIpc) is 3.67. The fourth-order valence-corrected chi connectivity index (χ4v) is 6.51. The van der Waals surface area contributed by atoms with Crippen molar-refractivity contribution in [1.29, 1.82) is 0 Å². The SMILES string of the molecule is CCc1cccc(CC)c1-c1cnn(-c2[c-]c(Oc3[c-]c4c(cc3)c3ccccc3n4-c3cc(CC(C)C)ccn3)cc(C)c2)c1.[Pt+2]. The molecule has 5 nitrogen and oxygen atoms in total. The maximum Gasteiger partial charge on any atom is 2.00 e. The molecule has 3 aromatic heterocycles.